The highest BCUT2D eigenvalue weighted by Gasteiger charge is 2.57. The minimum Gasteiger partial charge on any atom is -0.497 e. The number of hydrogen-bond donors (Lipinski definition) is 2. The van der Waals surface area contributed by atoms with Gasteiger partial charge in [-0.25, -0.2) is 19.4 Å². The van der Waals surface area contributed by atoms with Crippen LogP contribution in [-0.2, 0) is 55.6 Å². The van der Waals surface area contributed by atoms with E-state index in [1.807, 2.05) is 22.6 Å². The van der Waals surface area contributed by atoms with Crippen LogP contribution in [-0.4, -0.2) is 95.2 Å². The maximum atomic E-state index is 13.9. The van der Waals surface area contributed by atoms with Gasteiger partial charge in [-0.1, -0.05) is 39.9 Å². The number of ether oxygens (including phenoxy) is 4. The second-order valence-corrected chi connectivity index (χ2v) is 17.4. The van der Waals surface area contributed by atoms with E-state index in [4.69, 9.17) is 23.8 Å². The van der Waals surface area contributed by atoms with Crippen molar-refractivity contribution in [3.8, 4) is 5.75 Å². The molecule has 1 aromatic heterocycles. The molecule has 2 N–H and O–H groups in total. The monoisotopic (exact) mass is 887 g/mol. The van der Waals surface area contributed by atoms with Gasteiger partial charge in [-0.15, -0.1) is 11.3 Å². The Kier molecular flexibility index (Phi) is 13.0. The Morgan fingerprint density at radius 2 is 1.68 bits per heavy atom. The van der Waals surface area contributed by atoms with Gasteiger partial charge in [0.25, 0.3) is 11.8 Å². The molecule has 2 aromatic rings. The van der Waals surface area contributed by atoms with E-state index in [-0.39, 0.29) is 28.9 Å². The van der Waals surface area contributed by atoms with Crippen LogP contribution < -0.4 is 15.4 Å². The minimum absolute atomic E-state index is 0.0262. The topological polar surface area (TPSA) is 201 Å². The summed E-state index contributed by atoms with van der Waals surface area (Å²) in [6, 6.07) is 5.57. The van der Waals surface area contributed by atoms with E-state index in [1.54, 1.807) is 65.8 Å². The lowest BCUT2D eigenvalue weighted by molar-refractivity contribution is -0.179. The Morgan fingerprint density at radius 1 is 1.04 bits per heavy atom. The molecule has 0 bridgehead atoms. The zero-order chi connectivity index (χ0) is 39.5. The number of benzene rings is 1. The summed E-state index contributed by atoms with van der Waals surface area (Å²) in [4.78, 5) is 77.1. The third-order valence-electron chi connectivity index (χ3n) is 7.20. The summed E-state index contributed by atoms with van der Waals surface area (Å²) in [5.41, 5.74) is -2.75. The van der Waals surface area contributed by atoms with E-state index in [1.165, 1.54) is 26.3 Å². The van der Waals surface area contributed by atoms with Gasteiger partial charge in [0.05, 0.1) is 23.7 Å². The minimum atomic E-state index is -1.71. The summed E-state index contributed by atoms with van der Waals surface area (Å²) >= 11 is 2.97. The number of carbonyl (C=O) groups is 5. The number of thiazole rings is 1. The van der Waals surface area contributed by atoms with Crippen LogP contribution in [0.2, 0.25) is 0 Å². The lowest BCUT2D eigenvalue weighted by Crippen LogP contribution is -2.74. The summed E-state index contributed by atoms with van der Waals surface area (Å²) in [7, 11) is -0.176. The third-order valence-corrected chi connectivity index (χ3v) is 10.5. The first kappa shape index (κ1) is 41.6. The number of β-lactam (4-membered cyclic amide) rings is 1. The van der Waals surface area contributed by atoms with Crippen LogP contribution in [0.25, 0.3) is 0 Å². The number of halogens is 1. The molecule has 3 heterocycles. The summed E-state index contributed by atoms with van der Waals surface area (Å²) in [6.45, 7) is 12.8. The molecule has 3 atom stereocenters. The van der Waals surface area contributed by atoms with Crippen molar-refractivity contribution in [1.82, 2.24) is 15.2 Å². The van der Waals surface area contributed by atoms with Crippen molar-refractivity contribution < 1.29 is 52.0 Å². The van der Waals surface area contributed by atoms with Gasteiger partial charge in [-0.2, -0.15) is 0 Å². The molecule has 2 aliphatic heterocycles. The zero-order valence-electron chi connectivity index (χ0n) is 30.7. The van der Waals surface area contributed by atoms with Crippen molar-refractivity contribution in [3.63, 3.8) is 0 Å². The molecular weight excluding hydrogens is 845 g/mol. The van der Waals surface area contributed by atoms with Crippen molar-refractivity contribution >= 4 is 85.4 Å². The molecule has 0 aliphatic carbocycles. The van der Waals surface area contributed by atoms with E-state index < -0.39 is 74.6 Å². The normalized spacial score (nSPS) is 19.1. The fourth-order valence-electron chi connectivity index (χ4n) is 4.73. The number of alkyl halides is 1. The highest BCUT2D eigenvalue weighted by Crippen LogP contribution is 2.36. The van der Waals surface area contributed by atoms with Crippen LogP contribution in [0.1, 0.15) is 66.6 Å². The van der Waals surface area contributed by atoms with Gasteiger partial charge in [0.2, 0.25) is 5.60 Å². The lowest BCUT2D eigenvalue weighted by Gasteiger charge is -2.49. The number of fused-ring (bicyclic) bond motifs is 1. The summed E-state index contributed by atoms with van der Waals surface area (Å²) in [6.07, 6.45) is -0.791. The molecule has 0 saturated carbocycles. The molecular formula is C34H42IN5O11S2. The number of anilines is 1. The molecule has 4 rings (SSSR count). The van der Waals surface area contributed by atoms with Crippen molar-refractivity contribution in [1.29, 1.82) is 0 Å². The first-order chi connectivity index (χ1) is 24.6. The van der Waals surface area contributed by atoms with E-state index in [2.05, 4.69) is 20.8 Å². The van der Waals surface area contributed by atoms with Gasteiger partial charge >= 0.3 is 18.0 Å². The van der Waals surface area contributed by atoms with E-state index in [9.17, 15) is 28.2 Å². The van der Waals surface area contributed by atoms with Crippen LogP contribution in [0, 0.1) is 0 Å². The maximum absolute atomic E-state index is 13.9. The summed E-state index contributed by atoms with van der Waals surface area (Å²) in [5.74, 6) is -2.62. The number of amides is 3. The zero-order valence-corrected chi connectivity index (χ0v) is 34.5. The Labute approximate surface area is 326 Å². The fourth-order valence-corrected chi connectivity index (χ4v) is 8.09. The number of methoxy groups -OCH3 is 1. The van der Waals surface area contributed by atoms with Crippen LogP contribution in [0.15, 0.2) is 46.1 Å². The molecule has 1 fully saturated rings. The van der Waals surface area contributed by atoms with Gasteiger partial charge in [-0.3, -0.25) is 24.0 Å². The van der Waals surface area contributed by atoms with E-state index in [0.29, 0.717) is 21.3 Å². The Morgan fingerprint density at radius 3 is 2.26 bits per heavy atom. The van der Waals surface area contributed by atoms with Gasteiger partial charge in [-0.05, 0) is 78.7 Å². The molecule has 0 radical (unpaired) electrons. The average Bonchev–Trinajstić information content (AvgIpc) is 3.51. The highest BCUT2D eigenvalue weighted by atomic mass is 127. The van der Waals surface area contributed by atoms with Crippen molar-refractivity contribution in [2.75, 3.05) is 22.6 Å². The van der Waals surface area contributed by atoms with E-state index >= 15 is 0 Å². The summed E-state index contributed by atoms with van der Waals surface area (Å²) in [5, 5.41) is 9.36. The fraction of sp³-hybridized carbons (Fsp3) is 0.500. The molecule has 16 nitrogen and oxygen atoms in total. The highest BCUT2D eigenvalue weighted by molar-refractivity contribution is 14.1. The number of oxime groups is 1. The van der Waals surface area contributed by atoms with Crippen LogP contribution in [0.5, 0.6) is 5.75 Å². The van der Waals surface area contributed by atoms with Crippen LogP contribution >= 0.6 is 33.9 Å². The Hall–Kier alpha value is -4.11. The largest absolute Gasteiger partial charge is 0.497 e. The third kappa shape index (κ3) is 10.5. The van der Waals surface area contributed by atoms with Gasteiger partial charge in [0.15, 0.2) is 10.8 Å². The first-order valence-corrected chi connectivity index (χ1v) is 20.0. The van der Waals surface area contributed by atoms with Gasteiger partial charge < -0.3 is 29.1 Å². The molecule has 0 spiro atoms. The molecule has 3 amide bonds. The van der Waals surface area contributed by atoms with Crippen molar-refractivity contribution in [2.24, 2.45) is 5.16 Å². The van der Waals surface area contributed by atoms with Gasteiger partial charge in [0.1, 0.15) is 46.4 Å². The molecule has 2 aliphatic rings. The first-order valence-electron chi connectivity index (χ1n) is 16.2. The number of nitrogens with zero attached hydrogens (tertiary/aromatic N) is 3. The van der Waals surface area contributed by atoms with E-state index in [0.717, 1.165) is 16.2 Å². The molecule has 288 valence electrons. The number of nitrogens with one attached hydrogen (secondary N) is 2. The number of aromatic nitrogens is 1. The number of hydrogen-bond acceptors (Lipinski definition) is 14. The molecule has 1 aromatic carbocycles. The van der Waals surface area contributed by atoms with Crippen LogP contribution in [0.3, 0.4) is 0 Å². The summed E-state index contributed by atoms with van der Waals surface area (Å²) < 4.78 is 35.2. The van der Waals surface area contributed by atoms with Crippen molar-refractivity contribution in [2.45, 2.75) is 90.2 Å². The number of esters is 2. The lowest BCUT2D eigenvalue weighted by atomic mass is 10.0. The SMILES string of the molecule is COc1ccc(COC(=O)C2=C(CI)C[S@@](=O)[C@@H]3[C@H](NC(=O)/C(=N/OC(C)(C)C(=O)OC(C)(C)C)c4csc(NC(=O)OC(C)(C)C)n4)C(=O)N23)cc1. The number of carbonyl (C=O) groups excluding carboxylic acids is 5. The second kappa shape index (κ2) is 16.5. The average molecular weight is 888 g/mol. The smallest absolute Gasteiger partial charge is 0.413 e. The van der Waals surface area contributed by atoms with Crippen molar-refractivity contribution in [3.05, 3.63) is 52.2 Å². The quantitative estimate of drug-likeness (QED) is 0.0587. The second-order valence-electron chi connectivity index (χ2n) is 14.3. The Bertz CT molecular complexity index is 1850. The maximum Gasteiger partial charge on any atom is 0.413 e. The number of rotatable bonds is 12. The molecule has 53 heavy (non-hydrogen) atoms. The predicted octanol–water partition coefficient (Wildman–Crippen LogP) is 4.19. The molecule has 19 heteroatoms. The Balaban J connectivity index is 1.58. The molecule has 0 unspecified atom stereocenters. The van der Waals surface area contributed by atoms with Gasteiger partial charge in [0, 0.05) is 9.81 Å². The molecule has 1 saturated heterocycles. The standard InChI is InChI=1S/C34H42IN5O11S2/c1-32(2,3)49-29(44)34(7,8)51-39-22(21-16-52-30(36-21)38-31(45)50-33(4,5)6)25(41)37-23-26(42)40-24(19(14-35)17-53(46)27(23)40)28(43)48-15-18-10-12-20(47-9)13-11-18/h10-13,16,23,27H,14-15,17H2,1-9H3,(H,37,41)(H,36,38,45)/b39-22+/t23-,27-,53-/m1/s1. The predicted molar refractivity (Wildman–Crippen MR) is 204 cm³/mol. The van der Waals surface area contributed by atoms with Crippen LogP contribution in [0.4, 0.5) is 9.93 Å².